The van der Waals surface area contributed by atoms with E-state index in [4.69, 9.17) is 9.47 Å². The maximum atomic E-state index is 11.8. The molecule has 4 heteroatoms. The van der Waals surface area contributed by atoms with E-state index in [1.807, 2.05) is 24.3 Å². The monoisotopic (exact) mass is 515 g/mol. The second-order valence-electron chi connectivity index (χ2n) is 9.63. The van der Waals surface area contributed by atoms with E-state index >= 15 is 0 Å². The molecule has 39 heavy (non-hydrogen) atoms. The van der Waals surface area contributed by atoms with Gasteiger partial charge in [-0.3, -0.25) is 4.79 Å². The van der Waals surface area contributed by atoms with E-state index in [0.717, 1.165) is 28.1 Å². The van der Waals surface area contributed by atoms with Gasteiger partial charge in [0.15, 0.2) is 6.23 Å². The van der Waals surface area contributed by atoms with Gasteiger partial charge >= 0.3 is 5.97 Å². The molecule has 0 saturated carbocycles. The number of fused-ring (bicyclic) bond motifs is 1. The van der Waals surface area contributed by atoms with Crippen LogP contribution < -0.4 is 9.64 Å². The van der Waals surface area contributed by atoms with Crippen molar-refractivity contribution in [3.63, 3.8) is 0 Å². The molecule has 5 aromatic rings. The third kappa shape index (κ3) is 6.47. The fourth-order valence-electron chi connectivity index (χ4n) is 4.84. The van der Waals surface area contributed by atoms with Gasteiger partial charge < -0.3 is 14.4 Å². The molecule has 0 N–H and O–H groups in total. The Labute approximate surface area is 230 Å². The first-order valence-electron chi connectivity index (χ1n) is 13.3. The van der Waals surface area contributed by atoms with Crippen LogP contribution in [-0.2, 0) is 22.5 Å². The topological polar surface area (TPSA) is 38.8 Å². The van der Waals surface area contributed by atoms with Crippen molar-refractivity contribution in [2.75, 3.05) is 12.0 Å². The fraction of sp³-hybridized carbons (Fsp3) is 0.171. The molecule has 0 bridgehead atoms. The third-order valence-electron chi connectivity index (χ3n) is 6.97. The zero-order valence-corrected chi connectivity index (χ0v) is 22.4. The van der Waals surface area contributed by atoms with Gasteiger partial charge in [-0.2, -0.15) is 0 Å². The van der Waals surface area contributed by atoms with Crippen LogP contribution >= 0.6 is 0 Å². The van der Waals surface area contributed by atoms with Crippen molar-refractivity contribution < 1.29 is 14.3 Å². The summed E-state index contributed by atoms with van der Waals surface area (Å²) in [5.74, 6) is 0.587. The molecule has 4 nitrogen and oxygen atoms in total. The van der Waals surface area contributed by atoms with Gasteiger partial charge in [0.25, 0.3) is 0 Å². The number of esters is 1. The number of aryl methyl sites for hydroxylation is 1. The SMILES string of the molecule is COC(=O)CCc1ccc(OC(C)N(Cc2ccccc2)c2ccccc2)c(-c2ccc3ccccc3c2)c1. The average Bonchev–Trinajstić information content (AvgIpc) is 2.99. The van der Waals surface area contributed by atoms with Gasteiger partial charge in [0.1, 0.15) is 5.75 Å². The Morgan fingerprint density at radius 2 is 1.44 bits per heavy atom. The van der Waals surface area contributed by atoms with Crippen molar-refractivity contribution in [3.8, 4) is 16.9 Å². The Balaban J connectivity index is 1.50. The maximum Gasteiger partial charge on any atom is 0.305 e. The van der Waals surface area contributed by atoms with Crippen molar-refractivity contribution in [1.29, 1.82) is 0 Å². The summed E-state index contributed by atoms with van der Waals surface area (Å²) in [5, 5.41) is 2.36. The molecule has 0 heterocycles. The minimum Gasteiger partial charge on any atom is -0.470 e. The van der Waals surface area contributed by atoms with E-state index in [9.17, 15) is 4.79 Å². The predicted octanol–water partition coefficient (Wildman–Crippen LogP) is 8.04. The first-order valence-corrected chi connectivity index (χ1v) is 13.3. The summed E-state index contributed by atoms with van der Waals surface area (Å²) in [7, 11) is 1.43. The van der Waals surface area contributed by atoms with Gasteiger partial charge in [0.05, 0.1) is 7.11 Å². The second-order valence-corrected chi connectivity index (χ2v) is 9.63. The molecule has 5 rings (SSSR count). The van der Waals surface area contributed by atoms with Crippen LogP contribution in [0.1, 0.15) is 24.5 Å². The molecule has 5 aromatic carbocycles. The van der Waals surface area contributed by atoms with Crippen LogP contribution in [0.3, 0.4) is 0 Å². The number of carbonyl (C=O) groups excluding carboxylic acids is 1. The molecule has 0 saturated heterocycles. The summed E-state index contributed by atoms with van der Waals surface area (Å²) >= 11 is 0. The van der Waals surface area contributed by atoms with Gasteiger partial charge in [0.2, 0.25) is 0 Å². The Morgan fingerprint density at radius 3 is 2.18 bits per heavy atom. The first kappa shape index (κ1) is 26.1. The number of para-hydroxylation sites is 1. The van der Waals surface area contributed by atoms with Crippen LogP contribution in [-0.4, -0.2) is 19.3 Å². The molecule has 0 aromatic heterocycles. The Morgan fingerprint density at radius 1 is 0.744 bits per heavy atom. The molecule has 0 aliphatic heterocycles. The van der Waals surface area contributed by atoms with Crippen molar-refractivity contribution >= 4 is 22.4 Å². The van der Waals surface area contributed by atoms with Crippen LogP contribution in [0.25, 0.3) is 21.9 Å². The van der Waals surface area contributed by atoms with E-state index in [0.29, 0.717) is 19.4 Å². The summed E-state index contributed by atoms with van der Waals surface area (Å²) in [5.41, 5.74) is 5.45. The number of hydrogen-bond acceptors (Lipinski definition) is 4. The normalized spacial score (nSPS) is 11.6. The van der Waals surface area contributed by atoms with Crippen LogP contribution in [0.2, 0.25) is 0 Å². The van der Waals surface area contributed by atoms with Crippen LogP contribution in [0.15, 0.2) is 121 Å². The van der Waals surface area contributed by atoms with Gasteiger partial charge in [-0.15, -0.1) is 0 Å². The highest BCUT2D eigenvalue weighted by atomic mass is 16.5. The van der Waals surface area contributed by atoms with Crippen LogP contribution in [0.4, 0.5) is 5.69 Å². The Kier molecular flexibility index (Phi) is 8.23. The lowest BCUT2D eigenvalue weighted by molar-refractivity contribution is -0.140. The van der Waals surface area contributed by atoms with Crippen molar-refractivity contribution in [1.82, 2.24) is 0 Å². The van der Waals surface area contributed by atoms with E-state index in [-0.39, 0.29) is 12.2 Å². The zero-order valence-electron chi connectivity index (χ0n) is 22.4. The molecule has 1 unspecified atom stereocenters. The van der Waals surface area contributed by atoms with E-state index < -0.39 is 0 Å². The summed E-state index contributed by atoms with van der Waals surface area (Å²) in [6, 6.07) is 41.8. The lowest BCUT2D eigenvalue weighted by Crippen LogP contribution is -2.37. The number of anilines is 1. The molecule has 196 valence electrons. The van der Waals surface area contributed by atoms with Crippen molar-refractivity contribution in [3.05, 3.63) is 132 Å². The van der Waals surface area contributed by atoms with E-state index in [1.165, 1.54) is 23.4 Å². The van der Waals surface area contributed by atoms with Crippen molar-refractivity contribution in [2.45, 2.75) is 32.5 Å². The zero-order chi connectivity index (χ0) is 27.0. The molecule has 0 spiro atoms. The highest BCUT2D eigenvalue weighted by molar-refractivity contribution is 5.88. The van der Waals surface area contributed by atoms with Gasteiger partial charge in [-0.1, -0.05) is 91.0 Å². The number of hydrogen-bond donors (Lipinski definition) is 0. The molecule has 0 aliphatic rings. The number of ether oxygens (including phenoxy) is 2. The van der Waals surface area contributed by atoms with Gasteiger partial charge in [0, 0.05) is 24.2 Å². The van der Waals surface area contributed by atoms with Gasteiger partial charge in [-0.25, -0.2) is 0 Å². The summed E-state index contributed by atoms with van der Waals surface area (Å²) in [6.07, 6.45) is 0.698. The number of rotatable bonds is 10. The quantitative estimate of drug-likeness (QED) is 0.139. The predicted molar refractivity (Wildman–Crippen MR) is 159 cm³/mol. The first-order chi connectivity index (χ1) is 19.1. The standard InChI is InChI=1S/C35H33NO3/c1-26(36(32-15-7-4-8-16-32)25-28-11-5-3-6-12-28)39-34-21-17-27(18-22-35(37)38-2)23-33(34)31-20-19-29-13-9-10-14-30(29)24-31/h3-17,19-21,23-24,26H,18,22,25H2,1-2H3. The Hall–Kier alpha value is -4.57. The van der Waals surface area contributed by atoms with Gasteiger partial charge in [-0.05, 0) is 71.1 Å². The highest BCUT2D eigenvalue weighted by Gasteiger charge is 2.19. The highest BCUT2D eigenvalue weighted by Crippen LogP contribution is 2.35. The summed E-state index contributed by atoms with van der Waals surface area (Å²) in [4.78, 5) is 14.1. The molecule has 0 aliphatic carbocycles. The number of nitrogens with zero attached hydrogens (tertiary/aromatic N) is 1. The molecule has 0 amide bonds. The number of carbonyl (C=O) groups is 1. The van der Waals surface area contributed by atoms with Crippen LogP contribution in [0, 0.1) is 0 Å². The third-order valence-corrected chi connectivity index (χ3v) is 6.97. The molecular weight excluding hydrogens is 482 g/mol. The molecule has 0 fully saturated rings. The minimum atomic E-state index is -0.243. The molecular formula is C35H33NO3. The lowest BCUT2D eigenvalue weighted by Gasteiger charge is -2.32. The Bertz CT molecular complexity index is 1530. The number of methoxy groups -OCH3 is 1. The van der Waals surface area contributed by atoms with E-state index in [1.54, 1.807) is 0 Å². The number of benzene rings is 5. The smallest absolute Gasteiger partial charge is 0.305 e. The largest absolute Gasteiger partial charge is 0.470 e. The van der Waals surface area contributed by atoms with E-state index in [2.05, 4.69) is 109 Å². The summed E-state index contributed by atoms with van der Waals surface area (Å²) in [6.45, 7) is 2.81. The fourth-order valence-corrected chi connectivity index (χ4v) is 4.84. The van der Waals surface area contributed by atoms with Crippen LogP contribution in [0.5, 0.6) is 5.75 Å². The second kappa shape index (κ2) is 12.3. The maximum absolute atomic E-state index is 11.8. The summed E-state index contributed by atoms with van der Waals surface area (Å²) < 4.78 is 11.6. The van der Waals surface area contributed by atoms with Crippen molar-refractivity contribution in [2.24, 2.45) is 0 Å². The minimum absolute atomic E-state index is 0.212. The molecule has 0 radical (unpaired) electrons. The molecule has 1 atom stereocenters. The lowest BCUT2D eigenvalue weighted by atomic mass is 9.97. The average molecular weight is 516 g/mol.